The van der Waals surface area contributed by atoms with Gasteiger partial charge < -0.3 is 15.4 Å². The van der Waals surface area contributed by atoms with E-state index in [1.54, 1.807) is 14.2 Å². The molecule has 0 fully saturated rings. The van der Waals surface area contributed by atoms with Crippen LogP contribution in [0.25, 0.3) is 5.65 Å². The van der Waals surface area contributed by atoms with Gasteiger partial charge in [-0.2, -0.15) is 0 Å². The van der Waals surface area contributed by atoms with Crippen LogP contribution in [0.3, 0.4) is 0 Å². The third kappa shape index (κ3) is 4.26. The lowest BCUT2D eigenvalue weighted by Gasteiger charge is -2.11. The lowest BCUT2D eigenvalue weighted by molar-refractivity contribution is 0.414. The lowest BCUT2D eigenvalue weighted by Crippen LogP contribution is -2.38. The van der Waals surface area contributed by atoms with E-state index >= 15 is 0 Å². The van der Waals surface area contributed by atoms with Gasteiger partial charge in [0.15, 0.2) is 17.4 Å². The zero-order valence-corrected chi connectivity index (χ0v) is 14.4. The molecule has 0 unspecified atom stereocenters. The number of hydrogen-bond donors (Lipinski definition) is 2. The van der Waals surface area contributed by atoms with Gasteiger partial charge in [-0.05, 0) is 36.2 Å². The largest absolute Gasteiger partial charge is 0.497 e. The van der Waals surface area contributed by atoms with Crippen molar-refractivity contribution in [3.63, 3.8) is 0 Å². The normalized spacial score (nSPS) is 11.5. The number of guanidine groups is 1. The molecule has 7 nitrogen and oxygen atoms in total. The number of nitrogens with zero attached hydrogens (tertiary/aromatic N) is 4. The molecule has 0 saturated heterocycles. The van der Waals surface area contributed by atoms with Crippen molar-refractivity contribution in [3.8, 4) is 5.75 Å². The highest BCUT2D eigenvalue weighted by Crippen LogP contribution is 2.12. The first kappa shape index (κ1) is 16.8. The topological polar surface area (TPSA) is 75.8 Å². The van der Waals surface area contributed by atoms with Crippen LogP contribution in [0.5, 0.6) is 5.75 Å². The van der Waals surface area contributed by atoms with Gasteiger partial charge in [0.2, 0.25) is 0 Å². The fraction of sp³-hybridized carbons (Fsp3) is 0.278. The smallest absolute Gasteiger partial charge is 0.191 e. The Kier molecular flexibility index (Phi) is 5.46. The van der Waals surface area contributed by atoms with E-state index < -0.39 is 0 Å². The first-order valence-electron chi connectivity index (χ1n) is 8.16. The van der Waals surface area contributed by atoms with Crippen molar-refractivity contribution < 1.29 is 4.74 Å². The van der Waals surface area contributed by atoms with Gasteiger partial charge in [0.1, 0.15) is 5.75 Å². The van der Waals surface area contributed by atoms with E-state index in [9.17, 15) is 0 Å². The Balaban J connectivity index is 1.51. The van der Waals surface area contributed by atoms with Gasteiger partial charge in [-0.3, -0.25) is 9.39 Å². The summed E-state index contributed by atoms with van der Waals surface area (Å²) < 4.78 is 7.20. The summed E-state index contributed by atoms with van der Waals surface area (Å²) in [5.74, 6) is 2.45. The molecule has 25 heavy (non-hydrogen) atoms. The predicted molar refractivity (Wildman–Crippen MR) is 97.9 cm³/mol. The molecule has 0 radical (unpaired) electrons. The maximum atomic E-state index is 5.25. The van der Waals surface area contributed by atoms with Gasteiger partial charge in [0.05, 0.1) is 13.7 Å². The predicted octanol–water partition coefficient (Wildman–Crippen LogP) is 1.65. The quantitative estimate of drug-likeness (QED) is 0.528. The van der Waals surface area contributed by atoms with Crippen LogP contribution in [0.2, 0.25) is 0 Å². The molecule has 3 rings (SSSR count). The third-order valence-electron chi connectivity index (χ3n) is 3.86. The fourth-order valence-corrected chi connectivity index (χ4v) is 2.55. The molecule has 0 amide bonds. The minimum Gasteiger partial charge on any atom is -0.497 e. The summed E-state index contributed by atoms with van der Waals surface area (Å²) in [6.45, 7) is 1.32. The minimum absolute atomic E-state index is 0.546. The molecule has 0 aliphatic carbocycles. The summed E-state index contributed by atoms with van der Waals surface area (Å²) in [5.41, 5.74) is 2.05. The molecular formula is C18H22N6O. The van der Waals surface area contributed by atoms with Gasteiger partial charge >= 0.3 is 0 Å². The maximum absolute atomic E-state index is 5.25. The van der Waals surface area contributed by atoms with Crippen LogP contribution >= 0.6 is 0 Å². The van der Waals surface area contributed by atoms with E-state index in [0.717, 1.165) is 36.1 Å². The number of aliphatic imine (C=N–C) groups is 1. The Labute approximate surface area is 146 Å². The lowest BCUT2D eigenvalue weighted by atomic mass is 10.1. The van der Waals surface area contributed by atoms with Crippen molar-refractivity contribution in [1.29, 1.82) is 0 Å². The number of hydrogen-bond acceptors (Lipinski definition) is 4. The van der Waals surface area contributed by atoms with Crippen LogP contribution in [0.15, 0.2) is 53.7 Å². The Morgan fingerprint density at radius 3 is 2.92 bits per heavy atom. The Bertz CT molecular complexity index is 857. The standard InChI is InChI=1S/C18H22N6O/c1-19-18(20-10-9-14-6-5-7-15(12-14)25-2)21-13-17-23-22-16-8-3-4-11-24(16)17/h3-8,11-12H,9-10,13H2,1-2H3,(H2,19,20,21). The monoisotopic (exact) mass is 338 g/mol. The molecule has 0 spiro atoms. The number of ether oxygens (including phenoxy) is 1. The van der Waals surface area contributed by atoms with Crippen LogP contribution in [-0.2, 0) is 13.0 Å². The molecule has 2 aromatic heterocycles. The van der Waals surface area contributed by atoms with E-state index in [-0.39, 0.29) is 0 Å². The molecule has 0 aliphatic heterocycles. The zero-order valence-electron chi connectivity index (χ0n) is 14.4. The summed E-state index contributed by atoms with van der Waals surface area (Å²) in [7, 11) is 3.43. The van der Waals surface area contributed by atoms with Gasteiger partial charge in [-0.25, -0.2) is 0 Å². The van der Waals surface area contributed by atoms with Gasteiger partial charge in [-0.1, -0.05) is 18.2 Å². The van der Waals surface area contributed by atoms with Crippen molar-refractivity contribution in [2.75, 3.05) is 20.7 Å². The number of methoxy groups -OCH3 is 1. The van der Waals surface area contributed by atoms with Crippen LogP contribution in [0.4, 0.5) is 0 Å². The van der Waals surface area contributed by atoms with Crippen molar-refractivity contribution in [2.24, 2.45) is 4.99 Å². The van der Waals surface area contributed by atoms with Crippen molar-refractivity contribution in [2.45, 2.75) is 13.0 Å². The first-order valence-corrected chi connectivity index (χ1v) is 8.16. The molecule has 0 saturated carbocycles. The summed E-state index contributed by atoms with van der Waals surface area (Å²) >= 11 is 0. The van der Waals surface area contributed by atoms with E-state index in [4.69, 9.17) is 4.74 Å². The Morgan fingerprint density at radius 1 is 1.16 bits per heavy atom. The summed E-state index contributed by atoms with van der Waals surface area (Å²) in [4.78, 5) is 4.24. The molecule has 7 heteroatoms. The van der Waals surface area contributed by atoms with Gasteiger partial charge in [-0.15, -0.1) is 10.2 Å². The van der Waals surface area contributed by atoms with Crippen LogP contribution in [-0.4, -0.2) is 41.3 Å². The summed E-state index contributed by atoms with van der Waals surface area (Å²) in [6.07, 6.45) is 2.83. The average molecular weight is 338 g/mol. The molecular weight excluding hydrogens is 316 g/mol. The van der Waals surface area contributed by atoms with E-state index in [2.05, 4.69) is 31.9 Å². The average Bonchev–Trinajstić information content (AvgIpc) is 3.08. The number of aromatic nitrogens is 3. The number of fused-ring (bicyclic) bond motifs is 1. The molecule has 2 heterocycles. The van der Waals surface area contributed by atoms with E-state index in [0.29, 0.717) is 6.54 Å². The van der Waals surface area contributed by atoms with Gasteiger partial charge in [0, 0.05) is 19.8 Å². The van der Waals surface area contributed by atoms with E-state index in [1.165, 1.54) is 5.56 Å². The Morgan fingerprint density at radius 2 is 2.08 bits per heavy atom. The third-order valence-corrected chi connectivity index (χ3v) is 3.86. The number of rotatable bonds is 6. The molecule has 3 aromatic rings. The van der Waals surface area contributed by atoms with Crippen molar-refractivity contribution in [1.82, 2.24) is 25.2 Å². The number of pyridine rings is 1. The number of benzene rings is 1. The molecule has 0 atom stereocenters. The zero-order chi connectivity index (χ0) is 17.5. The van der Waals surface area contributed by atoms with Crippen LogP contribution < -0.4 is 15.4 Å². The number of nitrogens with one attached hydrogen (secondary N) is 2. The molecule has 0 aliphatic rings. The second-order valence-electron chi connectivity index (χ2n) is 5.50. The summed E-state index contributed by atoms with van der Waals surface area (Å²) in [6, 6.07) is 13.9. The van der Waals surface area contributed by atoms with Crippen LogP contribution in [0.1, 0.15) is 11.4 Å². The highest BCUT2D eigenvalue weighted by atomic mass is 16.5. The van der Waals surface area contributed by atoms with Crippen LogP contribution in [0, 0.1) is 0 Å². The Hall–Kier alpha value is -3.09. The molecule has 0 bridgehead atoms. The first-order chi connectivity index (χ1) is 12.3. The van der Waals surface area contributed by atoms with Gasteiger partial charge in [0.25, 0.3) is 0 Å². The fourth-order valence-electron chi connectivity index (χ4n) is 2.55. The summed E-state index contributed by atoms with van der Waals surface area (Å²) in [5, 5.41) is 14.9. The van der Waals surface area contributed by atoms with Crippen molar-refractivity contribution in [3.05, 3.63) is 60.0 Å². The second kappa shape index (κ2) is 8.14. The van der Waals surface area contributed by atoms with Crippen molar-refractivity contribution >= 4 is 11.6 Å². The molecule has 1 aromatic carbocycles. The SMILES string of the molecule is CN=C(NCCc1cccc(OC)c1)NCc1nnc2ccccn12. The molecule has 130 valence electrons. The highest BCUT2D eigenvalue weighted by Gasteiger charge is 2.05. The maximum Gasteiger partial charge on any atom is 0.191 e. The minimum atomic E-state index is 0.546. The highest BCUT2D eigenvalue weighted by molar-refractivity contribution is 5.79. The second-order valence-corrected chi connectivity index (χ2v) is 5.50. The molecule has 2 N–H and O–H groups in total. The van der Waals surface area contributed by atoms with E-state index in [1.807, 2.05) is 47.0 Å².